The summed E-state index contributed by atoms with van der Waals surface area (Å²) in [7, 11) is 4.24. The Labute approximate surface area is 87.8 Å². The van der Waals surface area contributed by atoms with Crippen LogP contribution in [0.3, 0.4) is 0 Å². The molecule has 0 bridgehead atoms. The standard InChI is InChI=1S/C11H24N2O/c1-13(2)8-3-6-12-7-4-11-5-9-14-10-11/h11-12H,3-10H2,1-2H3. The van der Waals surface area contributed by atoms with Crippen LogP contribution in [0.4, 0.5) is 0 Å². The Morgan fingerprint density at radius 1 is 1.36 bits per heavy atom. The predicted molar refractivity (Wildman–Crippen MR) is 59.6 cm³/mol. The van der Waals surface area contributed by atoms with Crippen LogP contribution in [0.25, 0.3) is 0 Å². The van der Waals surface area contributed by atoms with Gasteiger partial charge in [0, 0.05) is 13.2 Å². The molecule has 0 radical (unpaired) electrons. The maximum Gasteiger partial charge on any atom is 0.0495 e. The molecule has 84 valence electrons. The summed E-state index contributed by atoms with van der Waals surface area (Å²) >= 11 is 0. The molecule has 0 spiro atoms. The molecule has 1 aliphatic heterocycles. The SMILES string of the molecule is CN(C)CCCNCCC1CCOC1. The summed E-state index contributed by atoms with van der Waals surface area (Å²) in [5.41, 5.74) is 0. The van der Waals surface area contributed by atoms with Gasteiger partial charge in [-0.05, 0) is 58.9 Å². The molecule has 1 fully saturated rings. The van der Waals surface area contributed by atoms with Crippen molar-refractivity contribution in [2.45, 2.75) is 19.3 Å². The molecule has 14 heavy (non-hydrogen) atoms. The molecule has 1 aliphatic rings. The molecule has 1 rings (SSSR count). The van der Waals surface area contributed by atoms with Crippen molar-refractivity contribution in [3.8, 4) is 0 Å². The van der Waals surface area contributed by atoms with Gasteiger partial charge in [0.15, 0.2) is 0 Å². The lowest BCUT2D eigenvalue weighted by molar-refractivity contribution is 0.184. The Bertz CT molecular complexity index is 133. The maximum atomic E-state index is 5.33. The van der Waals surface area contributed by atoms with E-state index in [2.05, 4.69) is 24.3 Å². The van der Waals surface area contributed by atoms with Crippen molar-refractivity contribution < 1.29 is 4.74 Å². The zero-order chi connectivity index (χ0) is 10.2. The average molecular weight is 200 g/mol. The largest absolute Gasteiger partial charge is 0.381 e. The molecule has 0 aromatic heterocycles. The Kier molecular flexibility index (Phi) is 6.15. The third kappa shape index (κ3) is 5.58. The number of nitrogens with one attached hydrogen (secondary N) is 1. The molecule has 1 atom stereocenters. The van der Waals surface area contributed by atoms with Crippen molar-refractivity contribution in [1.29, 1.82) is 0 Å². The van der Waals surface area contributed by atoms with E-state index in [0.29, 0.717) is 0 Å². The molecule has 1 saturated heterocycles. The highest BCUT2D eigenvalue weighted by Crippen LogP contribution is 2.14. The van der Waals surface area contributed by atoms with Gasteiger partial charge in [0.2, 0.25) is 0 Å². The van der Waals surface area contributed by atoms with Gasteiger partial charge in [0.05, 0.1) is 0 Å². The first-order chi connectivity index (χ1) is 6.79. The van der Waals surface area contributed by atoms with E-state index in [1.54, 1.807) is 0 Å². The van der Waals surface area contributed by atoms with Crippen molar-refractivity contribution >= 4 is 0 Å². The third-order valence-corrected chi connectivity index (χ3v) is 2.71. The normalized spacial score (nSPS) is 22.1. The van der Waals surface area contributed by atoms with E-state index >= 15 is 0 Å². The second-order valence-corrected chi connectivity index (χ2v) is 4.43. The van der Waals surface area contributed by atoms with Gasteiger partial charge in [-0.2, -0.15) is 0 Å². The average Bonchev–Trinajstić information content (AvgIpc) is 2.63. The van der Waals surface area contributed by atoms with Crippen molar-refractivity contribution in [1.82, 2.24) is 10.2 Å². The summed E-state index contributed by atoms with van der Waals surface area (Å²) in [6.07, 6.45) is 3.79. The fraction of sp³-hybridized carbons (Fsp3) is 1.00. The molecule has 1 N–H and O–H groups in total. The number of nitrogens with zero attached hydrogens (tertiary/aromatic N) is 1. The first kappa shape index (κ1) is 12.0. The van der Waals surface area contributed by atoms with Gasteiger partial charge in [0.25, 0.3) is 0 Å². The summed E-state index contributed by atoms with van der Waals surface area (Å²) in [6.45, 7) is 5.44. The molecule has 0 saturated carbocycles. The minimum absolute atomic E-state index is 0.816. The zero-order valence-electron chi connectivity index (χ0n) is 9.59. The van der Waals surface area contributed by atoms with Gasteiger partial charge in [-0.25, -0.2) is 0 Å². The fourth-order valence-electron chi connectivity index (χ4n) is 1.76. The van der Waals surface area contributed by atoms with Crippen molar-refractivity contribution in [3.63, 3.8) is 0 Å². The van der Waals surface area contributed by atoms with Crippen LogP contribution in [0.1, 0.15) is 19.3 Å². The molecule has 3 nitrogen and oxygen atoms in total. The Morgan fingerprint density at radius 2 is 2.21 bits per heavy atom. The summed E-state index contributed by atoms with van der Waals surface area (Å²) in [6, 6.07) is 0. The molecule has 0 aromatic rings. The van der Waals surface area contributed by atoms with Gasteiger partial charge in [-0.3, -0.25) is 0 Å². The lowest BCUT2D eigenvalue weighted by Gasteiger charge is -2.11. The van der Waals surface area contributed by atoms with Crippen molar-refractivity contribution in [2.24, 2.45) is 5.92 Å². The molecule has 1 unspecified atom stereocenters. The zero-order valence-corrected chi connectivity index (χ0v) is 9.59. The number of rotatable bonds is 7. The second-order valence-electron chi connectivity index (χ2n) is 4.43. The molecular weight excluding hydrogens is 176 g/mol. The first-order valence-electron chi connectivity index (χ1n) is 5.72. The van der Waals surface area contributed by atoms with Crippen LogP contribution in [0, 0.1) is 5.92 Å². The van der Waals surface area contributed by atoms with Crippen LogP contribution < -0.4 is 5.32 Å². The van der Waals surface area contributed by atoms with Crippen molar-refractivity contribution in [3.05, 3.63) is 0 Å². The predicted octanol–water partition coefficient (Wildman–Crippen LogP) is 0.954. The maximum absolute atomic E-state index is 5.33. The third-order valence-electron chi connectivity index (χ3n) is 2.71. The number of ether oxygens (including phenoxy) is 1. The van der Waals surface area contributed by atoms with Crippen molar-refractivity contribution in [2.75, 3.05) is 46.9 Å². The number of hydrogen-bond donors (Lipinski definition) is 1. The van der Waals surface area contributed by atoms with E-state index in [1.807, 2.05) is 0 Å². The van der Waals surface area contributed by atoms with Crippen LogP contribution in [-0.2, 0) is 4.74 Å². The Hall–Kier alpha value is -0.120. The van der Waals surface area contributed by atoms with Crippen LogP contribution in [0.5, 0.6) is 0 Å². The monoisotopic (exact) mass is 200 g/mol. The van der Waals surface area contributed by atoms with Gasteiger partial charge >= 0.3 is 0 Å². The van der Waals surface area contributed by atoms with E-state index in [9.17, 15) is 0 Å². The lowest BCUT2D eigenvalue weighted by Crippen LogP contribution is -2.23. The van der Waals surface area contributed by atoms with Gasteiger partial charge < -0.3 is 15.0 Å². The topological polar surface area (TPSA) is 24.5 Å². The molecule has 1 heterocycles. The first-order valence-corrected chi connectivity index (χ1v) is 5.72. The molecular formula is C11H24N2O. The quantitative estimate of drug-likeness (QED) is 0.619. The minimum atomic E-state index is 0.816. The Balaban J connectivity index is 1.79. The van der Waals surface area contributed by atoms with Gasteiger partial charge in [0.1, 0.15) is 0 Å². The summed E-state index contributed by atoms with van der Waals surface area (Å²) in [4.78, 5) is 2.23. The highest BCUT2D eigenvalue weighted by Gasteiger charge is 2.14. The summed E-state index contributed by atoms with van der Waals surface area (Å²) in [5, 5.41) is 3.49. The molecule has 0 aliphatic carbocycles. The molecule has 0 aromatic carbocycles. The second kappa shape index (κ2) is 7.21. The van der Waals surface area contributed by atoms with Gasteiger partial charge in [-0.1, -0.05) is 0 Å². The van der Waals surface area contributed by atoms with E-state index in [0.717, 1.165) is 32.2 Å². The van der Waals surface area contributed by atoms with Crippen LogP contribution in [-0.4, -0.2) is 51.8 Å². The van der Waals surface area contributed by atoms with Crippen LogP contribution >= 0.6 is 0 Å². The summed E-state index contributed by atoms with van der Waals surface area (Å²) in [5.74, 6) is 0.816. The fourth-order valence-corrected chi connectivity index (χ4v) is 1.76. The van der Waals surface area contributed by atoms with E-state index in [1.165, 1.54) is 25.8 Å². The summed E-state index contributed by atoms with van der Waals surface area (Å²) < 4.78 is 5.33. The molecule has 0 amide bonds. The van der Waals surface area contributed by atoms with E-state index < -0.39 is 0 Å². The number of hydrogen-bond acceptors (Lipinski definition) is 3. The smallest absolute Gasteiger partial charge is 0.0495 e. The van der Waals surface area contributed by atoms with E-state index in [-0.39, 0.29) is 0 Å². The highest BCUT2D eigenvalue weighted by atomic mass is 16.5. The van der Waals surface area contributed by atoms with Crippen LogP contribution in [0.15, 0.2) is 0 Å². The van der Waals surface area contributed by atoms with Crippen LogP contribution in [0.2, 0.25) is 0 Å². The Morgan fingerprint density at radius 3 is 2.86 bits per heavy atom. The van der Waals surface area contributed by atoms with E-state index in [4.69, 9.17) is 4.74 Å². The van der Waals surface area contributed by atoms with Gasteiger partial charge in [-0.15, -0.1) is 0 Å². The minimum Gasteiger partial charge on any atom is -0.381 e. The lowest BCUT2D eigenvalue weighted by atomic mass is 10.1. The highest BCUT2D eigenvalue weighted by molar-refractivity contribution is 4.65. The molecule has 3 heteroatoms.